The van der Waals surface area contributed by atoms with Gasteiger partial charge in [-0.25, -0.2) is 0 Å². The number of carbonyl (C=O) groups excluding carboxylic acids is 1. The molecule has 1 unspecified atom stereocenters. The third-order valence-corrected chi connectivity index (χ3v) is 4.56. The molecule has 1 aromatic rings. The minimum Gasteiger partial charge on any atom is -0.371 e. The Morgan fingerprint density at radius 3 is 2.85 bits per heavy atom. The van der Waals surface area contributed by atoms with Crippen LogP contribution in [0.3, 0.4) is 0 Å². The highest BCUT2D eigenvalue weighted by molar-refractivity contribution is 5.80. The molecule has 1 aromatic heterocycles. The van der Waals surface area contributed by atoms with E-state index in [1.165, 1.54) is 12.8 Å². The zero-order valence-corrected chi connectivity index (χ0v) is 12.3. The third kappa shape index (κ3) is 2.46. The van der Waals surface area contributed by atoms with Crippen molar-refractivity contribution in [1.29, 1.82) is 0 Å². The van der Waals surface area contributed by atoms with Crippen LogP contribution in [-0.4, -0.2) is 45.9 Å². The van der Waals surface area contributed by atoms with Gasteiger partial charge in [0.2, 0.25) is 5.91 Å². The molecule has 0 aromatic carbocycles. The average Bonchev–Trinajstić information content (AvgIpc) is 3.07. The summed E-state index contributed by atoms with van der Waals surface area (Å²) >= 11 is 0. The number of nitrogens with zero attached hydrogens (tertiary/aromatic N) is 3. The standard InChI is InChI=1S/C15H23N3O2/c1-12-9-16-18(10-12)13(2)14(19)17-7-8-20-15(11-17)5-3-4-6-15/h9-10,13H,3-8,11H2,1-2H3. The topological polar surface area (TPSA) is 47.4 Å². The fourth-order valence-electron chi connectivity index (χ4n) is 3.38. The van der Waals surface area contributed by atoms with Crippen molar-refractivity contribution in [2.45, 2.75) is 51.2 Å². The number of carbonyl (C=O) groups is 1. The van der Waals surface area contributed by atoms with Crippen LogP contribution in [0.2, 0.25) is 0 Å². The lowest BCUT2D eigenvalue weighted by Gasteiger charge is -2.41. The van der Waals surface area contributed by atoms with Gasteiger partial charge in [0.1, 0.15) is 6.04 Å². The number of aryl methyl sites for hydroxylation is 1. The molecular weight excluding hydrogens is 254 g/mol. The molecule has 1 amide bonds. The van der Waals surface area contributed by atoms with Crippen LogP contribution in [0.1, 0.15) is 44.2 Å². The Morgan fingerprint density at radius 2 is 2.20 bits per heavy atom. The summed E-state index contributed by atoms with van der Waals surface area (Å²) in [6.45, 7) is 6.02. The predicted octanol–water partition coefficient (Wildman–Crippen LogP) is 1.92. The molecule has 1 spiro atoms. The van der Waals surface area contributed by atoms with Crippen molar-refractivity contribution >= 4 is 5.91 Å². The van der Waals surface area contributed by atoms with Crippen molar-refractivity contribution in [2.75, 3.05) is 19.7 Å². The highest BCUT2D eigenvalue weighted by Gasteiger charge is 2.41. The first kappa shape index (κ1) is 13.6. The quantitative estimate of drug-likeness (QED) is 0.830. The van der Waals surface area contributed by atoms with Gasteiger partial charge >= 0.3 is 0 Å². The molecule has 0 N–H and O–H groups in total. The summed E-state index contributed by atoms with van der Waals surface area (Å²) < 4.78 is 7.74. The summed E-state index contributed by atoms with van der Waals surface area (Å²) in [4.78, 5) is 14.6. The number of amides is 1. The summed E-state index contributed by atoms with van der Waals surface area (Å²) in [6.07, 6.45) is 8.33. The van der Waals surface area contributed by atoms with Gasteiger partial charge in [0.05, 0.1) is 18.4 Å². The summed E-state index contributed by atoms with van der Waals surface area (Å²) in [5.41, 5.74) is 1.02. The fraction of sp³-hybridized carbons (Fsp3) is 0.733. The number of hydrogen-bond acceptors (Lipinski definition) is 3. The fourth-order valence-corrected chi connectivity index (χ4v) is 3.38. The summed E-state index contributed by atoms with van der Waals surface area (Å²) in [7, 11) is 0. The number of hydrogen-bond donors (Lipinski definition) is 0. The van der Waals surface area contributed by atoms with E-state index in [0.29, 0.717) is 13.2 Å². The Morgan fingerprint density at radius 1 is 1.45 bits per heavy atom. The van der Waals surface area contributed by atoms with E-state index in [9.17, 15) is 4.79 Å². The molecule has 2 fully saturated rings. The molecule has 1 aliphatic heterocycles. The molecule has 5 heteroatoms. The minimum absolute atomic E-state index is 0.0618. The maximum Gasteiger partial charge on any atom is 0.247 e. The van der Waals surface area contributed by atoms with E-state index in [4.69, 9.17) is 4.74 Å². The third-order valence-electron chi connectivity index (χ3n) is 4.56. The molecule has 1 aliphatic carbocycles. The predicted molar refractivity (Wildman–Crippen MR) is 75.4 cm³/mol. The van der Waals surface area contributed by atoms with E-state index >= 15 is 0 Å². The highest BCUT2D eigenvalue weighted by Crippen LogP contribution is 2.36. The number of rotatable bonds is 2. The Kier molecular flexibility index (Phi) is 3.54. The second-order valence-electron chi connectivity index (χ2n) is 6.17. The van der Waals surface area contributed by atoms with E-state index < -0.39 is 0 Å². The molecule has 1 atom stereocenters. The van der Waals surface area contributed by atoms with Gasteiger partial charge in [-0.15, -0.1) is 0 Å². The monoisotopic (exact) mass is 277 g/mol. The SMILES string of the molecule is Cc1cnn(C(C)C(=O)N2CCOC3(CCCC3)C2)c1. The van der Waals surface area contributed by atoms with Crippen molar-refractivity contribution < 1.29 is 9.53 Å². The molecule has 1 saturated carbocycles. The number of ether oxygens (including phenoxy) is 1. The van der Waals surface area contributed by atoms with Crippen LogP contribution in [0.25, 0.3) is 0 Å². The first-order valence-electron chi connectivity index (χ1n) is 7.53. The maximum atomic E-state index is 12.7. The van der Waals surface area contributed by atoms with Crippen LogP contribution in [-0.2, 0) is 9.53 Å². The lowest BCUT2D eigenvalue weighted by Crippen LogP contribution is -2.53. The molecule has 5 nitrogen and oxygen atoms in total. The van der Waals surface area contributed by atoms with E-state index in [2.05, 4.69) is 5.10 Å². The van der Waals surface area contributed by atoms with Gasteiger partial charge in [-0.2, -0.15) is 5.10 Å². The van der Waals surface area contributed by atoms with Gasteiger partial charge in [0.25, 0.3) is 0 Å². The molecule has 1 saturated heterocycles. The van der Waals surface area contributed by atoms with E-state index in [0.717, 1.165) is 24.9 Å². The highest BCUT2D eigenvalue weighted by atomic mass is 16.5. The van der Waals surface area contributed by atoms with Gasteiger partial charge < -0.3 is 9.64 Å². The average molecular weight is 277 g/mol. The van der Waals surface area contributed by atoms with Gasteiger partial charge in [0.15, 0.2) is 0 Å². The molecule has 0 bridgehead atoms. The smallest absolute Gasteiger partial charge is 0.247 e. The normalized spacial score (nSPS) is 23.2. The second-order valence-corrected chi connectivity index (χ2v) is 6.17. The molecule has 110 valence electrons. The van der Waals surface area contributed by atoms with Gasteiger partial charge in [-0.05, 0) is 32.3 Å². The number of aromatic nitrogens is 2. The van der Waals surface area contributed by atoms with E-state index in [1.807, 2.05) is 24.9 Å². The molecule has 20 heavy (non-hydrogen) atoms. The maximum absolute atomic E-state index is 12.7. The molecule has 2 heterocycles. The van der Waals surface area contributed by atoms with Crippen molar-refractivity contribution in [2.24, 2.45) is 0 Å². The summed E-state index contributed by atoms with van der Waals surface area (Å²) in [5, 5.41) is 4.26. The van der Waals surface area contributed by atoms with Crippen molar-refractivity contribution in [1.82, 2.24) is 14.7 Å². The van der Waals surface area contributed by atoms with Crippen LogP contribution >= 0.6 is 0 Å². The van der Waals surface area contributed by atoms with Crippen molar-refractivity contribution in [3.05, 3.63) is 18.0 Å². The van der Waals surface area contributed by atoms with Crippen LogP contribution in [0.5, 0.6) is 0 Å². The first-order valence-corrected chi connectivity index (χ1v) is 7.53. The first-order chi connectivity index (χ1) is 9.60. The van der Waals surface area contributed by atoms with E-state index in [-0.39, 0.29) is 17.6 Å². The van der Waals surface area contributed by atoms with Gasteiger partial charge in [-0.3, -0.25) is 9.48 Å². The summed E-state index contributed by atoms with van der Waals surface area (Å²) in [6, 6.07) is -0.236. The zero-order chi connectivity index (χ0) is 14.2. The van der Waals surface area contributed by atoms with Crippen molar-refractivity contribution in [3.63, 3.8) is 0 Å². The lowest BCUT2D eigenvalue weighted by atomic mass is 9.99. The largest absolute Gasteiger partial charge is 0.371 e. The zero-order valence-electron chi connectivity index (χ0n) is 12.3. The van der Waals surface area contributed by atoms with Crippen molar-refractivity contribution in [3.8, 4) is 0 Å². The van der Waals surface area contributed by atoms with Crippen LogP contribution < -0.4 is 0 Å². The molecule has 2 aliphatic rings. The summed E-state index contributed by atoms with van der Waals surface area (Å²) in [5.74, 6) is 0.155. The lowest BCUT2D eigenvalue weighted by molar-refractivity contribution is -0.152. The Labute approximate surface area is 119 Å². The van der Waals surface area contributed by atoms with Crippen LogP contribution in [0.4, 0.5) is 0 Å². The number of morpholine rings is 1. The minimum atomic E-state index is -0.236. The second kappa shape index (κ2) is 5.20. The Balaban J connectivity index is 1.70. The van der Waals surface area contributed by atoms with Gasteiger partial charge in [-0.1, -0.05) is 12.8 Å². The Bertz CT molecular complexity index is 491. The van der Waals surface area contributed by atoms with Gasteiger partial charge in [0, 0.05) is 19.3 Å². The molecule has 3 rings (SSSR count). The van der Waals surface area contributed by atoms with E-state index in [1.54, 1.807) is 10.9 Å². The van der Waals surface area contributed by atoms with Crippen LogP contribution in [0, 0.1) is 6.92 Å². The Hall–Kier alpha value is -1.36. The van der Waals surface area contributed by atoms with Crippen LogP contribution in [0.15, 0.2) is 12.4 Å². The molecule has 0 radical (unpaired) electrons. The molecular formula is C15H23N3O2.